The Morgan fingerprint density at radius 1 is 1.33 bits per heavy atom. The number of aliphatic hydroxyl groups excluding tert-OH is 1. The summed E-state index contributed by atoms with van der Waals surface area (Å²) in [6.45, 7) is 7.93. The maximum Gasteiger partial charge on any atom is 0.231 e. The third kappa shape index (κ3) is 4.98. The molecule has 1 fully saturated rings. The van der Waals surface area contributed by atoms with Gasteiger partial charge >= 0.3 is 0 Å². The number of aliphatic hydroxyl groups is 1. The average Bonchev–Trinajstić information content (AvgIpc) is 2.53. The van der Waals surface area contributed by atoms with Crippen molar-refractivity contribution in [3.8, 4) is 0 Å². The van der Waals surface area contributed by atoms with Crippen LogP contribution in [0.1, 0.15) is 20.3 Å². The smallest absolute Gasteiger partial charge is 0.231 e. The summed E-state index contributed by atoms with van der Waals surface area (Å²) in [5.74, 6) is 1.28. The molecule has 0 spiro atoms. The third-order valence-electron chi connectivity index (χ3n) is 2.99. The lowest BCUT2D eigenvalue weighted by Crippen LogP contribution is -2.37. The first-order chi connectivity index (χ1) is 10.2. The molecule has 1 unspecified atom stereocenters. The van der Waals surface area contributed by atoms with Crippen LogP contribution in [-0.2, 0) is 4.74 Å². The second-order valence-corrected chi connectivity index (χ2v) is 6.28. The number of morpholine rings is 1. The Labute approximate surface area is 129 Å². The predicted octanol–water partition coefficient (Wildman–Crippen LogP) is 1.00. The van der Waals surface area contributed by atoms with Crippen molar-refractivity contribution in [2.45, 2.75) is 30.7 Å². The molecule has 2 N–H and O–H groups in total. The number of thioether (sulfide) groups is 1. The molecule has 21 heavy (non-hydrogen) atoms. The molecule has 0 amide bonds. The van der Waals surface area contributed by atoms with Crippen molar-refractivity contribution >= 4 is 23.7 Å². The van der Waals surface area contributed by atoms with Gasteiger partial charge in [-0.05, 0) is 6.42 Å². The summed E-state index contributed by atoms with van der Waals surface area (Å²) in [5.41, 5.74) is 0. The van der Waals surface area contributed by atoms with Gasteiger partial charge in [0.25, 0.3) is 0 Å². The van der Waals surface area contributed by atoms with E-state index in [1.165, 1.54) is 11.8 Å². The van der Waals surface area contributed by atoms with Gasteiger partial charge in [0.1, 0.15) is 0 Å². The van der Waals surface area contributed by atoms with Crippen LogP contribution in [0, 0.1) is 0 Å². The zero-order chi connectivity index (χ0) is 15.1. The maximum absolute atomic E-state index is 9.19. The monoisotopic (exact) mass is 313 g/mol. The van der Waals surface area contributed by atoms with Crippen molar-refractivity contribution in [1.82, 2.24) is 15.0 Å². The van der Waals surface area contributed by atoms with E-state index in [1.807, 2.05) is 6.92 Å². The highest BCUT2D eigenvalue weighted by Gasteiger charge is 2.17. The van der Waals surface area contributed by atoms with E-state index in [2.05, 4.69) is 32.1 Å². The van der Waals surface area contributed by atoms with Crippen molar-refractivity contribution in [3.63, 3.8) is 0 Å². The molecule has 1 aromatic heterocycles. The van der Waals surface area contributed by atoms with Gasteiger partial charge in [0, 0.05) is 24.9 Å². The summed E-state index contributed by atoms with van der Waals surface area (Å²) in [6.07, 6.45) is 1.01. The molecular weight excluding hydrogens is 290 g/mol. The Morgan fingerprint density at radius 3 is 2.76 bits per heavy atom. The van der Waals surface area contributed by atoms with Crippen LogP contribution >= 0.6 is 11.8 Å². The lowest BCUT2D eigenvalue weighted by atomic mass is 10.4. The fraction of sp³-hybridized carbons (Fsp3) is 0.769. The highest BCUT2D eigenvalue weighted by molar-refractivity contribution is 7.99. The molecule has 1 saturated heterocycles. The van der Waals surface area contributed by atoms with Crippen molar-refractivity contribution in [2.24, 2.45) is 0 Å². The lowest BCUT2D eigenvalue weighted by molar-refractivity contribution is 0.122. The number of hydrogen-bond donors (Lipinski definition) is 2. The molecule has 1 aliphatic heterocycles. The normalized spacial score (nSPS) is 16.8. The van der Waals surface area contributed by atoms with E-state index in [0.717, 1.165) is 26.1 Å². The SMILES string of the molecule is CCCNc1nc(SC(C)CO)nc(N2CCOCC2)n1. The number of nitrogens with zero attached hydrogens (tertiary/aromatic N) is 4. The molecule has 1 atom stereocenters. The minimum Gasteiger partial charge on any atom is -0.395 e. The summed E-state index contributed by atoms with van der Waals surface area (Å²) in [5, 5.41) is 13.1. The van der Waals surface area contributed by atoms with Crippen LogP contribution < -0.4 is 10.2 Å². The van der Waals surface area contributed by atoms with Crippen LogP contribution in [0.15, 0.2) is 5.16 Å². The first-order valence-electron chi connectivity index (χ1n) is 7.33. The zero-order valence-corrected chi connectivity index (χ0v) is 13.4. The molecule has 0 aliphatic carbocycles. The van der Waals surface area contributed by atoms with Gasteiger partial charge in [-0.1, -0.05) is 25.6 Å². The molecule has 2 rings (SSSR count). The van der Waals surface area contributed by atoms with Crippen molar-refractivity contribution in [3.05, 3.63) is 0 Å². The van der Waals surface area contributed by atoms with Crippen molar-refractivity contribution < 1.29 is 9.84 Å². The fourth-order valence-electron chi connectivity index (χ4n) is 1.84. The molecule has 118 valence electrons. The Hall–Kier alpha value is -1.12. The molecule has 8 heteroatoms. The summed E-state index contributed by atoms with van der Waals surface area (Å²) in [6, 6.07) is 0. The van der Waals surface area contributed by atoms with Gasteiger partial charge in [0.2, 0.25) is 11.9 Å². The number of aromatic nitrogens is 3. The third-order valence-corrected chi connectivity index (χ3v) is 3.94. The molecule has 7 nitrogen and oxygen atoms in total. The van der Waals surface area contributed by atoms with E-state index in [0.29, 0.717) is 30.3 Å². The van der Waals surface area contributed by atoms with Gasteiger partial charge in [-0.3, -0.25) is 0 Å². The number of anilines is 2. The van der Waals surface area contributed by atoms with Crippen LogP contribution in [0.2, 0.25) is 0 Å². The molecular formula is C13H23N5O2S. The zero-order valence-electron chi connectivity index (χ0n) is 12.6. The van der Waals surface area contributed by atoms with Gasteiger partial charge in [0.05, 0.1) is 19.8 Å². The first-order valence-corrected chi connectivity index (χ1v) is 8.21. The van der Waals surface area contributed by atoms with E-state index >= 15 is 0 Å². The number of rotatable bonds is 7. The number of ether oxygens (including phenoxy) is 1. The Kier molecular flexibility index (Phi) is 6.47. The highest BCUT2D eigenvalue weighted by atomic mass is 32.2. The topological polar surface area (TPSA) is 83.4 Å². The molecule has 0 saturated carbocycles. The van der Waals surface area contributed by atoms with Crippen LogP contribution in [-0.4, -0.2) is 64.8 Å². The second-order valence-electron chi connectivity index (χ2n) is 4.88. The summed E-state index contributed by atoms with van der Waals surface area (Å²) < 4.78 is 5.36. The standard InChI is InChI=1S/C13H23N5O2S/c1-3-4-14-11-15-12(18-5-7-20-8-6-18)17-13(16-11)21-10(2)9-19/h10,19H,3-9H2,1-2H3,(H,14,15,16,17). The molecule has 2 heterocycles. The van der Waals surface area contributed by atoms with Crippen molar-refractivity contribution in [1.29, 1.82) is 0 Å². The molecule has 1 aromatic rings. The van der Waals surface area contributed by atoms with Crippen LogP contribution in [0.25, 0.3) is 0 Å². The average molecular weight is 313 g/mol. The van der Waals surface area contributed by atoms with E-state index in [4.69, 9.17) is 4.74 Å². The predicted molar refractivity (Wildman–Crippen MR) is 84.0 cm³/mol. The lowest BCUT2D eigenvalue weighted by Gasteiger charge is -2.27. The molecule has 0 bridgehead atoms. The summed E-state index contributed by atoms with van der Waals surface area (Å²) in [4.78, 5) is 15.5. The highest BCUT2D eigenvalue weighted by Crippen LogP contribution is 2.22. The Balaban J connectivity index is 2.18. The minimum atomic E-state index is 0.0592. The van der Waals surface area contributed by atoms with Crippen LogP contribution in [0.5, 0.6) is 0 Å². The second kappa shape index (κ2) is 8.35. The Morgan fingerprint density at radius 2 is 2.10 bits per heavy atom. The van der Waals surface area contributed by atoms with Crippen LogP contribution in [0.3, 0.4) is 0 Å². The Bertz CT molecular complexity index is 443. The number of nitrogens with one attached hydrogen (secondary N) is 1. The number of hydrogen-bond acceptors (Lipinski definition) is 8. The molecule has 0 aromatic carbocycles. The van der Waals surface area contributed by atoms with Gasteiger partial charge in [-0.25, -0.2) is 0 Å². The van der Waals surface area contributed by atoms with Gasteiger partial charge in [0.15, 0.2) is 5.16 Å². The summed E-state index contributed by atoms with van der Waals surface area (Å²) >= 11 is 1.46. The minimum absolute atomic E-state index is 0.0592. The maximum atomic E-state index is 9.19. The van der Waals surface area contributed by atoms with E-state index < -0.39 is 0 Å². The van der Waals surface area contributed by atoms with Crippen LogP contribution in [0.4, 0.5) is 11.9 Å². The van der Waals surface area contributed by atoms with Gasteiger partial charge in [-0.2, -0.15) is 15.0 Å². The van der Waals surface area contributed by atoms with E-state index in [-0.39, 0.29) is 11.9 Å². The summed E-state index contributed by atoms with van der Waals surface area (Å²) in [7, 11) is 0. The quantitative estimate of drug-likeness (QED) is 0.722. The largest absolute Gasteiger partial charge is 0.395 e. The van der Waals surface area contributed by atoms with Gasteiger partial charge < -0.3 is 20.1 Å². The van der Waals surface area contributed by atoms with Crippen molar-refractivity contribution in [2.75, 3.05) is 49.7 Å². The first kappa shape index (κ1) is 16.3. The fourth-order valence-corrected chi connectivity index (χ4v) is 2.54. The van der Waals surface area contributed by atoms with E-state index in [9.17, 15) is 5.11 Å². The molecule has 1 aliphatic rings. The molecule has 0 radical (unpaired) electrons. The van der Waals surface area contributed by atoms with E-state index in [1.54, 1.807) is 0 Å². The van der Waals surface area contributed by atoms with Gasteiger partial charge in [-0.15, -0.1) is 0 Å².